The Hall–Kier alpha value is -2.89. The van der Waals surface area contributed by atoms with Gasteiger partial charge in [0, 0.05) is 12.3 Å². The summed E-state index contributed by atoms with van der Waals surface area (Å²) in [5, 5.41) is 16.2. The van der Waals surface area contributed by atoms with Gasteiger partial charge in [0.25, 0.3) is 0 Å². The number of thioether (sulfide) groups is 1. The number of urea groups is 1. The van der Waals surface area contributed by atoms with Crippen LogP contribution in [0.3, 0.4) is 0 Å². The van der Waals surface area contributed by atoms with Crippen molar-refractivity contribution in [3.8, 4) is 16.5 Å². The van der Waals surface area contributed by atoms with E-state index in [0.717, 1.165) is 30.2 Å². The standard InChI is InChI=1S/C21H23N5O4S2/c1-29-15-8-6-14(7-9-15)22-20(28)23-18(27)13-32-21-25-24-19(17-5-3-11-31-17)26(21)12-16-4-2-10-30-16/h3,5-9,11,16H,2,4,10,12-13H2,1H3,(H2,22,23,27,28). The van der Waals surface area contributed by atoms with E-state index in [1.165, 1.54) is 11.8 Å². The molecule has 9 nitrogen and oxygen atoms in total. The molecule has 11 heteroatoms. The number of rotatable bonds is 8. The van der Waals surface area contributed by atoms with E-state index >= 15 is 0 Å². The summed E-state index contributed by atoms with van der Waals surface area (Å²) in [6.07, 6.45) is 2.13. The van der Waals surface area contributed by atoms with Crippen LogP contribution in [0.4, 0.5) is 10.5 Å². The number of nitrogens with one attached hydrogen (secondary N) is 2. The first-order valence-electron chi connectivity index (χ1n) is 10.1. The molecule has 3 aromatic rings. The Morgan fingerprint density at radius 3 is 2.81 bits per heavy atom. The minimum Gasteiger partial charge on any atom is -0.497 e. The molecule has 4 rings (SSSR count). The second-order valence-corrected chi connectivity index (χ2v) is 8.94. The van der Waals surface area contributed by atoms with Gasteiger partial charge in [-0.25, -0.2) is 4.79 Å². The number of hydrogen-bond acceptors (Lipinski definition) is 8. The van der Waals surface area contributed by atoms with Crippen LogP contribution in [0.25, 0.3) is 10.7 Å². The number of imide groups is 1. The first-order valence-corrected chi connectivity index (χ1v) is 12.0. The second kappa shape index (κ2) is 10.6. The molecule has 3 heterocycles. The fraction of sp³-hybridized carbons (Fsp3) is 0.333. The summed E-state index contributed by atoms with van der Waals surface area (Å²) in [5.41, 5.74) is 0.556. The van der Waals surface area contributed by atoms with Crippen LogP contribution in [0.5, 0.6) is 5.75 Å². The van der Waals surface area contributed by atoms with E-state index in [4.69, 9.17) is 9.47 Å². The van der Waals surface area contributed by atoms with Gasteiger partial charge < -0.3 is 14.8 Å². The maximum atomic E-state index is 12.3. The molecule has 32 heavy (non-hydrogen) atoms. The van der Waals surface area contributed by atoms with E-state index in [9.17, 15) is 9.59 Å². The van der Waals surface area contributed by atoms with Crippen LogP contribution in [-0.4, -0.2) is 52.3 Å². The van der Waals surface area contributed by atoms with Gasteiger partial charge in [0.15, 0.2) is 11.0 Å². The third-order valence-corrected chi connectivity index (χ3v) is 6.63. The molecule has 2 aromatic heterocycles. The number of thiophene rings is 1. The van der Waals surface area contributed by atoms with E-state index in [1.807, 2.05) is 22.1 Å². The first kappa shape index (κ1) is 22.3. The number of amides is 3. The lowest BCUT2D eigenvalue weighted by Crippen LogP contribution is -2.35. The summed E-state index contributed by atoms with van der Waals surface area (Å²) in [6, 6.07) is 10.2. The third kappa shape index (κ3) is 5.67. The average Bonchev–Trinajstić information content (AvgIpc) is 3.56. The molecule has 168 valence electrons. The first-order chi connectivity index (χ1) is 15.6. The molecule has 1 fully saturated rings. The quantitative estimate of drug-likeness (QED) is 0.481. The topological polar surface area (TPSA) is 107 Å². The molecule has 0 bridgehead atoms. The minimum absolute atomic E-state index is 0.0319. The van der Waals surface area contributed by atoms with Crippen molar-refractivity contribution in [1.82, 2.24) is 20.1 Å². The molecule has 0 aliphatic carbocycles. The van der Waals surface area contributed by atoms with Gasteiger partial charge in [-0.15, -0.1) is 21.5 Å². The Morgan fingerprint density at radius 1 is 1.28 bits per heavy atom. The van der Waals surface area contributed by atoms with Crippen molar-refractivity contribution in [2.45, 2.75) is 30.6 Å². The van der Waals surface area contributed by atoms with Gasteiger partial charge >= 0.3 is 6.03 Å². The van der Waals surface area contributed by atoms with Crippen molar-refractivity contribution in [1.29, 1.82) is 0 Å². The number of carbonyl (C=O) groups is 2. The summed E-state index contributed by atoms with van der Waals surface area (Å²) in [7, 11) is 1.57. The lowest BCUT2D eigenvalue weighted by Gasteiger charge is -2.14. The van der Waals surface area contributed by atoms with Crippen molar-refractivity contribution in [3.63, 3.8) is 0 Å². The molecule has 1 atom stereocenters. The summed E-state index contributed by atoms with van der Waals surface area (Å²) < 4.78 is 12.9. The predicted octanol–water partition coefficient (Wildman–Crippen LogP) is 3.63. The number of nitrogens with zero attached hydrogens (tertiary/aromatic N) is 3. The number of methoxy groups -OCH3 is 1. The lowest BCUT2D eigenvalue weighted by molar-refractivity contribution is -0.117. The maximum absolute atomic E-state index is 12.3. The number of ether oxygens (including phenoxy) is 2. The number of aromatic nitrogens is 3. The second-order valence-electron chi connectivity index (χ2n) is 7.05. The number of anilines is 1. The van der Waals surface area contributed by atoms with Gasteiger partial charge in [0.1, 0.15) is 5.75 Å². The fourth-order valence-corrected chi connectivity index (χ4v) is 4.73. The molecular weight excluding hydrogens is 450 g/mol. The molecule has 1 aliphatic rings. The Bertz CT molecular complexity index is 1050. The molecular formula is C21H23N5O4S2. The molecule has 1 aromatic carbocycles. The zero-order chi connectivity index (χ0) is 22.3. The van der Waals surface area contributed by atoms with Gasteiger partial charge in [0.05, 0.1) is 30.4 Å². The van der Waals surface area contributed by atoms with E-state index in [1.54, 1.807) is 42.7 Å². The summed E-state index contributed by atoms with van der Waals surface area (Å²) in [6.45, 7) is 1.39. The zero-order valence-corrected chi connectivity index (χ0v) is 19.1. The lowest BCUT2D eigenvalue weighted by atomic mass is 10.2. The van der Waals surface area contributed by atoms with Crippen LogP contribution in [0, 0.1) is 0 Å². The van der Waals surface area contributed by atoms with Gasteiger partial charge in [0.2, 0.25) is 5.91 Å². The van der Waals surface area contributed by atoms with Gasteiger partial charge in [-0.3, -0.25) is 14.7 Å². The van der Waals surface area contributed by atoms with Crippen molar-refractivity contribution >= 4 is 40.7 Å². The van der Waals surface area contributed by atoms with E-state index in [-0.39, 0.29) is 11.9 Å². The Kier molecular flexibility index (Phi) is 7.40. The number of carbonyl (C=O) groups excluding carboxylic acids is 2. The highest BCUT2D eigenvalue weighted by Gasteiger charge is 2.22. The monoisotopic (exact) mass is 473 g/mol. The summed E-state index contributed by atoms with van der Waals surface area (Å²) in [4.78, 5) is 25.4. The maximum Gasteiger partial charge on any atom is 0.325 e. The van der Waals surface area contributed by atoms with Crippen LogP contribution < -0.4 is 15.4 Å². The molecule has 1 unspecified atom stereocenters. The van der Waals surface area contributed by atoms with Crippen molar-refractivity contribution in [3.05, 3.63) is 41.8 Å². The molecule has 1 saturated heterocycles. The Balaban J connectivity index is 1.35. The van der Waals surface area contributed by atoms with Crippen LogP contribution in [-0.2, 0) is 16.1 Å². The van der Waals surface area contributed by atoms with Crippen molar-refractivity contribution in [2.75, 3.05) is 24.8 Å². The highest BCUT2D eigenvalue weighted by molar-refractivity contribution is 7.99. The summed E-state index contributed by atoms with van der Waals surface area (Å²) in [5.74, 6) is 1.04. The fourth-order valence-electron chi connectivity index (χ4n) is 3.27. The highest BCUT2D eigenvalue weighted by atomic mass is 32.2. The Morgan fingerprint density at radius 2 is 2.12 bits per heavy atom. The molecule has 3 amide bonds. The van der Waals surface area contributed by atoms with Gasteiger partial charge in [-0.1, -0.05) is 17.8 Å². The predicted molar refractivity (Wildman–Crippen MR) is 123 cm³/mol. The smallest absolute Gasteiger partial charge is 0.325 e. The minimum atomic E-state index is -0.596. The van der Waals surface area contributed by atoms with Crippen LogP contribution in [0.2, 0.25) is 0 Å². The normalized spacial score (nSPS) is 15.5. The van der Waals surface area contributed by atoms with E-state index in [2.05, 4.69) is 20.8 Å². The van der Waals surface area contributed by atoms with E-state index < -0.39 is 11.9 Å². The van der Waals surface area contributed by atoms with Crippen LogP contribution in [0.1, 0.15) is 12.8 Å². The number of hydrogen-bond donors (Lipinski definition) is 2. The number of benzene rings is 1. The Labute approximate surface area is 193 Å². The summed E-state index contributed by atoms with van der Waals surface area (Å²) >= 11 is 2.82. The van der Waals surface area contributed by atoms with Gasteiger partial charge in [-0.05, 0) is 48.6 Å². The van der Waals surface area contributed by atoms with Crippen molar-refractivity contribution < 1.29 is 19.1 Å². The highest BCUT2D eigenvalue weighted by Crippen LogP contribution is 2.29. The SMILES string of the molecule is COc1ccc(NC(=O)NC(=O)CSc2nnc(-c3cccs3)n2CC2CCCO2)cc1. The molecule has 2 N–H and O–H groups in total. The molecule has 0 spiro atoms. The van der Waals surface area contributed by atoms with E-state index in [0.29, 0.717) is 23.1 Å². The van der Waals surface area contributed by atoms with Crippen LogP contribution >= 0.6 is 23.1 Å². The van der Waals surface area contributed by atoms with Gasteiger partial charge in [-0.2, -0.15) is 0 Å². The van der Waals surface area contributed by atoms with Crippen molar-refractivity contribution in [2.24, 2.45) is 0 Å². The molecule has 0 saturated carbocycles. The molecule has 1 aliphatic heterocycles. The van der Waals surface area contributed by atoms with Crippen LogP contribution in [0.15, 0.2) is 46.9 Å². The largest absolute Gasteiger partial charge is 0.497 e. The zero-order valence-electron chi connectivity index (χ0n) is 17.4. The molecule has 0 radical (unpaired) electrons. The third-order valence-electron chi connectivity index (χ3n) is 4.80. The average molecular weight is 474 g/mol.